The molecular weight excluding hydrogens is 302 g/mol. The largest absolute Gasteiger partial charge is 0.343 e. The van der Waals surface area contributed by atoms with Gasteiger partial charge in [0.2, 0.25) is 0 Å². The maximum atomic E-state index is 11.0. The molecule has 0 saturated heterocycles. The van der Waals surface area contributed by atoms with E-state index in [1.54, 1.807) is 12.1 Å². The molecule has 0 amide bonds. The van der Waals surface area contributed by atoms with Crippen LogP contribution >= 0.6 is 11.6 Å². The summed E-state index contributed by atoms with van der Waals surface area (Å²) in [6.45, 7) is 0. The van der Waals surface area contributed by atoms with Gasteiger partial charge in [0, 0.05) is 35.8 Å². The van der Waals surface area contributed by atoms with Crippen LogP contribution in [0.2, 0.25) is 5.02 Å². The third-order valence-corrected chi connectivity index (χ3v) is 5.07. The quantitative estimate of drug-likeness (QED) is 0.627. The first-order chi connectivity index (χ1) is 10.5. The van der Waals surface area contributed by atoms with E-state index < -0.39 is 0 Å². The smallest absolute Gasteiger partial charge is 0.271 e. The molecule has 22 heavy (non-hydrogen) atoms. The summed E-state index contributed by atoms with van der Waals surface area (Å²) in [6, 6.07) is 5.90. The first-order valence-electron chi connectivity index (χ1n) is 7.58. The number of nitrogens with zero attached hydrogens (tertiary/aromatic N) is 3. The molecule has 0 N–H and O–H groups in total. The van der Waals surface area contributed by atoms with E-state index in [9.17, 15) is 10.1 Å². The molecular formula is C16H20ClN3O2. The van der Waals surface area contributed by atoms with E-state index in [1.807, 2.05) is 6.20 Å². The van der Waals surface area contributed by atoms with Gasteiger partial charge in [-0.2, -0.15) is 0 Å². The van der Waals surface area contributed by atoms with Crippen molar-refractivity contribution in [2.24, 2.45) is 0 Å². The van der Waals surface area contributed by atoms with Crippen LogP contribution in [0.1, 0.15) is 31.7 Å². The number of non-ortho nitro benzene ring substituents is 1. The van der Waals surface area contributed by atoms with E-state index in [0.717, 1.165) is 36.6 Å². The normalized spacial score (nSPS) is 22.4. The summed E-state index contributed by atoms with van der Waals surface area (Å²) in [6.07, 6.45) is 6.36. The van der Waals surface area contributed by atoms with E-state index in [2.05, 4.69) is 23.6 Å². The van der Waals surface area contributed by atoms with Crippen molar-refractivity contribution in [2.75, 3.05) is 14.1 Å². The Morgan fingerprint density at radius 1 is 1.27 bits per heavy atom. The number of fused-ring (bicyclic) bond motifs is 1. The predicted molar refractivity (Wildman–Crippen MR) is 88.6 cm³/mol. The molecule has 6 heteroatoms. The molecule has 0 aliphatic heterocycles. The standard InChI is InChI=1S/C16H20ClN3O2/c1-18(2)11-3-5-12(6-4-11)19-10-15(17)14-8-7-13(20(21)22)9-16(14)19/h7-12H,3-6H2,1-2H3/t11-,12-. The van der Waals surface area contributed by atoms with Crippen molar-refractivity contribution in [3.8, 4) is 0 Å². The number of hydrogen-bond donors (Lipinski definition) is 0. The Balaban J connectivity index is 1.94. The first-order valence-corrected chi connectivity index (χ1v) is 7.96. The van der Waals surface area contributed by atoms with Gasteiger partial charge in [-0.1, -0.05) is 11.6 Å². The van der Waals surface area contributed by atoms with E-state index in [-0.39, 0.29) is 10.6 Å². The van der Waals surface area contributed by atoms with Crippen LogP contribution in [0.25, 0.3) is 10.9 Å². The number of nitro groups is 1. The Kier molecular flexibility index (Phi) is 4.10. The highest BCUT2D eigenvalue weighted by atomic mass is 35.5. The molecule has 118 valence electrons. The van der Waals surface area contributed by atoms with E-state index in [0.29, 0.717) is 17.1 Å². The molecule has 1 aromatic heterocycles. The minimum absolute atomic E-state index is 0.116. The molecule has 0 unspecified atom stereocenters. The third kappa shape index (κ3) is 2.71. The minimum Gasteiger partial charge on any atom is -0.343 e. The average molecular weight is 322 g/mol. The molecule has 0 spiro atoms. The summed E-state index contributed by atoms with van der Waals surface area (Å²) < 4.78 is 2.14. The summed E-state index contributed by atoms with van der Waals surface area (Å²) in [4.78, 5) is 12.9. The highest BCUT2D eigenvalue weighted by molar-refractivity contribution is 6.35. The molecule has 5 nitrogen and oxygen atoms in total. The molecule has 1 heterocycles. The number of rotatable bonds is 3. The molecule has 1 aliphatic rings. The zero-order valence-electron chi connectivity index (χ0n) is 12.8. The predicted octanol–water partition coefficient (Wildman–Crippen LogP) is 4.25. The van der Waals surface area contributed by atoms with Crippen LogP contribution in [-0.2, 0) is 0 Å². The second kappa shape index (κ2) is 5.89. The minimum atomic E-state index is -0.354. The summed E-state index contributed by atoms with van der Waals surface area (Å²) in [5.41, 5.74) is 0.984. The van der Waals surface area contributed by atoms with Gasteiger partial charge >= 0.3 is 0 Å². The second-order valence-corrected chi connectivity index (χ2v) is 6.68. The van der Waals surface area contributed by atoms with Crippen LogP contribution in [0, 0.1) is 10.1 Å². The Morgan fingerprint density at radius 3 is 2.55 bits per heavy atom. The van der Waals surface area contributed by atoms with Crippen molar-refractivity contribution in [2.45, 2.75) is 37.8 Å². The van der Waals surface area contributed by atoms with Gasteiger partial charge in [-0.25, -0.2) is 0 Å². The first kappa shape index (κ1) is 15.3. The lowest BCUT2D eigenvalue weighted by molar-refractivity contribution is -0.384. The van der Waals surface area contributed by atoms with E-state index in [1.165, 1.54) is 6.07 Å². The summed E-state index contributed by atoms with van der Waals surface area (Å²) >= 11 is 6.31. The van der Waals surface area contributed by atoms with E-state index >= 15 is 0 Å². The molecule has 1 aliphatic carbocycles. The maximum absolute atomic E-state index is 11.0. The van der Waals surface area contributed by atoms with Gasteiger partial charge in [-0.05, 0) is 45.8 Å². The van der Waals surface area contributed by atoms with Gasteiger partial charge in [-0.15, -0.1) is 0 Å². The maximum Gasteiger partial charge on any atom is 0.271 e. The molecule has 0 bridgehead atoms. The molecule has 1 saturated carbocycles. The van der Waals surface area contributed by atoms with Gasteiger partial charge in [0.1, 0.15) is 0 Å². The fourth-order valence-electron chi connectivity index (χ4n) is 3.47. The number of hydrogen-bond acceptors (Lipinski definition) is 3. The van der Waals surface area contributed by atoms with E-state index in [4.69, 9.17) is 11.6 Å². The number of benzene rings is 1. The van der Waals surface area contributed by atoms with Crippen LogP contribution < -0.4 is 0 Å². The summed E-state index contributed by atoms with van der Waals surface area (Å²) in [5, 5.41) is 12.6. The van der Waals surface area contributed by atoms with Crippen molar-refractivity contribution in [3.05, 3.63) is 39.5 Å². The molecule has 1 aromatic carbocycles. The van der Waals surface area contributed by atoms with Gasteiger partial charge in [0.15, 0.2) is 0 Å². The lowest BCUT2D eigenvalue weighted by Crippen LogP contribution is -2.32. The zero-order chi connectivity index (χ0) is 15.9. The highest BCUT2D eigenvalue weighted by Gasteiger charge is 2.25. The second-order valence-electron chi connectivity index (χ2n) is 6.27. The average Bonchev–Trinajstić information content (AvgIpc) is 2.84. The van der Waals surface area contributed by atoms with Crippen LogP contribution in [0.15, 0.2) is 24.4 Å². The van der Waals surface area contributed by atoms with Crippen molar-refractivity contribution in [1.29, 1.82) is 0 Å². The number of nitro benzene ring substituents is 1. The summed E-state index contributed by atoms with van der Waals surface area (Å²) in [5.74, 6) is 0. The van der Waals surface area contributed by atoms with Crippen LogP contribution in [-0.4, -0.2) is 34.5 Å². The molecule has 1 fully saturated rings. The molecule has 0 radical (unpaired) electrons. The van der Waals surface area contributed by atoms with Crippen LogP contribution in [0.3, 0.4) is 0 Å². The number of halogens is 1. The lowest BCUT2D eigenvalue weighted by Gasteiger charge is -2.33. The van der Waals surface area contributed by atoms with Crippen LogP contribution in [0.5, 0.6) is 0 Å². The fraction of sp³-hybridized carbons (Fsp3) is 0.500. The number of aromatic nitrogens is 1. The fourth-order valence-corrected chi connectivity index (χ4v) is 3.73. The van der Waals surface area contributed by atoms with Crippen molar-refractivity contribution < 1.29 is 4.92 Å². The molecule has 3 rings (SSSR count). The Bertz CT molecular complexity index is 703. The molecule has 2 aromatic rings. The Hall–Kier alpha value is -1.59. The third-order valence-electron chi connectivity index (χ3n) is 4.77. The highest BCUT2D eigenvalue weighted by Crippen LogP contribution is 2.37. The van der Waals surface area contributed by atoms with Gasteiger partial charge < -0.3 is 9.47 Å². The van der Waals surface area contributed by atoms with Crippen LogP contribution in [0.4, 0.5) is 5.69 Å². The zero-order valence-corrected chi connectivity index (χ0v) is 13.6. The van der Waals surface area contributed by atoms with Crippen molar-refractivity contribution in [1.82, 2.24) is 9.47 Å². The van der Waals surface area contributed by atoms with Crippen molar-refractivity contribution in [3.63, 3.8) is 0 Å². The lowest BCUT2D eigenvalue weighted by atomic mass is 9.90. The van der Waals surface area contributed by atoms with Gasteiger partial charge in [0.05, 0.1) is 15.5 Å². The Morgan fingerprint density at radius 2 is 1.95 bits per heavy atom. The Labute approximate surface area is 134 Å². The van der Waals surface area contributed by atoms with Gasteiger partial charge in [0.25, 0.3) is 5.69 Å². The summed E-state index contributed by atoms with van der Waals surface area (Å²) in [7, 11) is 4.24. The molecule has 0 atom stereocenters. The van der Waals surface area contributed by atoms with Gasteiger partial charge in [-0.3, -0.25) is 10.1 Å². The monoisotopic (exact) mass is 321 g/mol. The van der Waals surface area contributed by atoms with Crippen molar-refractivity contribution >= 4 is 28.2 Å². The SMILES string of the molecule is CN(C)[C@H]1CC[C@H](n2cc(Cl)c3ccc([N+](=O)[O-])cc32)CC1. The topological polar surface area (TPSA) is 51.3 Å².